The molecule has 0 unspecified atom stereocenters. The highest BCUT2D eigenvalue weighted by Gasteiger charge is 2.13. The Bertz CT molecular complexity index is 853. The standard InChI is InChI=1S/C19H17ClN4O/c1-24(13-14-6-3-2-4-7-14)18(25)15-11-21-19(22-12-15)23-17-9-5-8-16(20)10-17/h2-12H,13H2,1H3,(H,21,22,23). The largest absolute Gasteiger partial charge is 0.337 e. The van der Waals surface area contributed by atoms with E-state index in [0.717, 1.165) is 11.3 Å². The zero-order chi connectivity index (χ0) is 17.6. The van der Waals surface area contributed by atoms with Crippen LogP contribution in [0.4, 0.5) is 11.6 Å². The molecule has 0 saturated heterocycles. The third-order valence-electron chi connectivity index (χ3n) is 3.59. The van der Waals surface area contributed by atoms with E-state index in [4.69, 9.17) is 11.6 Å². The van der Waals surface area contributed by atoms with Crippen LogP contribution in [0.15, 0.2) is 67.0 Å². The zero-order valence-electron chi connectivity index (χ0n) is 13.7. The van der Waals surface area contributed by atoms with Crippen molar-refractivity contribution in [2.45, 2.75) is 6.54 Å². The third-order valence-corrected chi connectivity index (χ3v) is 3.82. The maximum absolute atomic E-state index is 12.5. The van der Waals surface area contributed by atoms with E-state index in [-0.39, 0.29) is 5.91 Å². The molecule has 1 aromatic heterocycles. The lowest BCUT2D eigenvalue weighted by molar-refractivity contribution is 0.0784. The van der Waals surface area contributed by atoms with Gasteiger partial charge in [0.25, 0.3) is 5.91 Å². The summed E-state index contributed by atoms with van der Waals surface area (Å²) in [4.78, 5) is 22.5. The number of anilines is 2. The molecule has 0 atom stereocenters. The number of hydrogen-bond acceptors (Lipinski definition) is 4. The quantitative estimate of drug-likeness (QED) is 0.749. The van der Waals surface area contributed by atoms with Gasteiger partial charge in [-0.3, -0.25) is 4.79 Å². The molecule has 0 bridgehead atoms. The summed E-state index contributed by atoms with van der Waals surface area (Å²) in [5.41, 5.74) is 2.29. The summed E-state index contributed by atoms with van der Waals surface area (Å²) in [6, 6.07) is 17.1. The lowest BCUT2D eigenvalue weighted by atomic mass is 10.2. The van der Waals surface area contributed by atoms with Crippen molar-refractivity contribution in [1.29, 1.82) is 0 Å². The molecular weight excluding hydrogens is 336 g/mol. The average Bonchev–Trinajstić information content (AvgIpc) is 2.62. The van der Waals surface area contributed by atoms with E-state index in [1.165, 1.54) is 12.4 Å². The second-order valence-electron chi connectivity index (χ2n) is 5.58. The first-order chi connectivity index (χ1) is 12.1. The molecule has 2 aromatic carbocycles. The number of nitrogens with zero attached hydrogens (tertiary/aromatic N) is 3. The van der Waals surface area contributed by atoms with Gasteiger partial charge in [-0.2, -0.15) is 0 Å². The van der Waals surface area contributed by atoms with Gasteiger partial charge in [0.05, 0.1) is 5.56 Å². The van der Waals surface area contributed by atoms with Gasteiger partial charge in [-0.15, -0.1) is 0 Å². The number of hydrogen-bond donors (Lipinski definition) is 1. The Labute approximate surface area is 151 Å². The SMILES string of the molecule is CN(Cc1ccccc1)C(=O)c1cnc(Nc2cccc(Cl)c2)nc1. The van der Waals surface area contributed by atoms with Crippen LogP contribution in [0.3, 0.4) is 0 Å². The van der Waals surface area contributed by atoms with Crippen LogP contribution in [0.2, 0.25) is 5.02 Å². The summed E-state index contributed by atoms with van der Waals surface area (Å²) < 4.78 is 0. The summed E-state index contributed by atoms with van der Waals surface area (Å²) in [6.45, 7) is 0.530. The summed E-state index contributed by atoms with van der Waals surface area (Å²) in [5, 5.41) is 3.67. The first-order valence-electron chi connectivity index (χ1n) is 7.76. The average molecular weight is 353 g/mol. The van der Waals surface area contributed by atoms with Crippen molar-refractivity contribution in [3.05, 3.63) is 83.1 Å². The Morgan fingerprint density at radius 2 is 1.80 bits per heavy atom. The molecule has 5 nitrogen and oxygen atoms in total. The predicted molar refractivity (Wildman–Crippen MR) is 99.0 cm³/mol. The number of carbonyl (C=O) groups is 1. The van der Waals surface area contributed by atoms with E-state index in [1.807, 2.05) is 42.5 Å². The summed E-state index contributed by atoms with van der Waals surface area (Å²) in [7, 11) is 1.76. The molecule has 1 N–H and O–H groups in total. The van der Waals surface area contributed by atoms with Crippen molar-refractivity contribution in [3.8, 4) is 0 Å². The molecule has 0 fully saturated rings. The highest BCUT2D eigenvalue weighted by Crippen LogP contribution is 2.18. The van der Waals surface area contributed by atoms with Gasteiger partial charge < -0.3 is 10.2 Å². The Morgan fingerprint density at radius 1 is 1.08 bits per heavy atom. The fourth-order valence-corrected chi connectivity index (χ4v) is 2.54. The van der Waals surface area contributed by atoms with Gasteiger partial charge in [0.1, 0.15) is 0 Å². The molecular formula is C19H17ClN4O. The minimum Gasteiger partial charge on any atom is -0.337 e. The van der Waals surface area contributed by atoms with E-state index in [9.17, 15) is 4.79 Å². The molecule has 0 aliphatic carbocycles. The van der Waals surface area contributed by atoms with Crippen molar-refractivity contribution < 1.29 is 4.79 Å². The maximum atomic E-state index is 12.5. The van der Waals surface area contributed by atoms with Gasteiger partial charge in [-0.25, -0.2) is 9.97 Å². The smallest absolute Gasteiger partial charge is 0.257 e. The van der Waals surface area contributed by atoms with Crippen LogP contribution in [0.5, 0.6) is 0 Å². The Kier molecular flexibility index (Phi) is 5.26. The molecule has 25 heavy (non-hydrogen) atoms. The van der Waals surface area contributed by atoms with Gasteiger partial charge in [-0.05, 0) is 23.8 Å². The minimum absolute atomic E-state index is 0.127. The van der Waals surface area contributed by atoms with Gasteiger partial charge in [0.15, 0.2) is 0 Å². The predicted octanol–water partition coefficient (Wildman–Crippen LogP) is 4.15. The zero-order valence-corrected chi connectivity index (χ0v) is 14.4. The maximum Gasteiger partial charge on any atom is 0.257 e. The van der Waals surface area contributed by atoms with Gasteiger partial charge in [0, 0.05) is 36.7 Å². The number of rotatable bonds is 5. The second kappa shape index (κ2) is 7.77. The molecule has 1 heterocycles. The summed E-state index contributed by atoms with van der Waals surface area (Å²) in [5.74, 6) is 0.280. The number of amides is 1. The van der Waals surface area contributed by atoms with Crippen molar-refractivity contribution in [3.63, 3.8) is 0 Å². The van der Waals surface area contributed by atoms with Crippen LogP contribution in [-0.2, 0) is 6.54 Å². The summed E-state index contributed by atoms with van der Waals surface area (Å²) >= 11 is 5.95. The third kappa shape index (κ3) is 4.55. The molecule has 0 spiro atoms. The van der Waals surface area contributed by atoms with Crippen molar-refractivity contribution >= 4 is 29.1 Å². The number of halogens is 1. The van der Waals surface area contributed by atoms with Crippen LogP contribution in [0, 0.1) is 0 Å². The van der Waals surface area contributed by atoms with Crippen LogP contribution in [0.1, 0.15) is 15.9 Å². The lowest BCUT2D eigenvalue weighted by Crippen LogP contribution is -2.26. The van der Waals surface area contributed by atoms with Gasteiger partial charge >= 0.3 is 0 Å². The molecule has 0 aliphatic heterocycles. The Balaban J connectivity index is 1.66. The highest BCUT2D eigenvalue weighted by molar-refractivity contribution is 6.30. The molecule has 6 heteroatoms. The van der Waals surface area contributed by atoms with Crippen molar-refractivity contribution in [1.82, 2.24) is 14.9 Å². The van der Waals surface area contributed by atoms with Crippen LogP contribution in [-0.4, -0.2) is 27.8 Å². The Morgan fingerprint density at radius 3 is 2.48 bits per heavy atom. The van der Waals surface area contributed by atoms with Crippen LogP contribution in [0.25, 0.3) is 0 Å². The highest BCUT2D eigenvalue weighted by atomic mass is 35.5. The van der Waals surface area contributed by atoms with E-state index in [1.54, 1.807) is 24.1 Å². The molecule has 3 aromatic rings. The first-order valence-corrected chi connectivity index (χ1v) is 8.13. The fraction of sp³-hybridized carbons (Fsp3) is 0.105. The molecule has 0 radical (unpaired) electrons. The monoisotopic (exact) mass is 352 g/mol. The first kappa shape index (κ1) is 16.9. The van der Waals surface area contributed by atoms with Crippen LogP contribution >= 0.6 is 11.6 Å². The van der Waals surface area contributed by atoms with E-state index in [0.29, 0.717) is 23.1 Å². The lowest BCUT2D eigenvalue weighted by Gasteiger charge is -2.17. The van der Waals surface area contributed by atoms with E-state index in [2.05, 4.69) is 15.3 Å². The van der Waals surface area contributed by atoms with Crippen molar-refractivity contribution in [2.24, 2.45) is 0 Å². The number of benzene rings is 2. The van der Waals surface area contributed by atoms with E-state index >= 15 is 0 Å². The van der Waals surface area contributed by atoms with Gasteiger partial charge in [-0.1, -0.05) is 48.0 Å². The molecule has 0 aliphatic rings. The molecule has 1 amide bonds. The van der Waals surface area contributed by atoms with Gasteiger partial charge in [0.2, 0.25) is 5.95 Å². The summed E-state index contributed by atoms with van der Waals surface area (Å²) in [6.07, 6.45) is 3.04. The number of aromatic nitrogens is 2. The Hall–Kier alpha value is -2.92. The molecule has 0 saturated carbocycles. The minimum atomic E-state index is -0.127. The molecule has 126 valence electrons. The fourth-order valence-electron chi connectivity index (χ4n) is 2.35. The molecule has 3 rings (SSSR count). The normalized spacial score (nSPS) is 10.3. The van der Waals surface area contributed by atoms with Crippen molar-refractivity contribution in [2.75, 3.05) is 12.4 Å². The number of nitrogens with one attached hydrogen (secondary N) is 1. The number of carbonyl (C=O) groups excluding carboxylic acids is 1. The topological polar surface area (TPSA) is 58.1 Å². The van der Waals surface area contributed by atoms with E-state index < -0.39 is 0 Å². The second-order valence-corrected chi connectivity index (χ2v) is 6.01. The van der Waals surface area contributed by atoms with Crippen LogP contribution < -0.4 is 5.32 Å².